The van der Waals surface area contributed by atoms with Gasteiger partial charge in [0.1, 0.15) is 17.3 Å². The van der Waals surface area contributed by atoms with Crippen molar-refractivity contribution in [3.63, 3.8) is 0 Å². The largest absolute Gasteiger partial charge is 0.497 e. The molecule has 26 heavy (non-hydrogen) atoms. The van der Waals surface area contributed by atoms with Gasteiger partial charge >= 0.3 is 0 Å². The maximum absolute atomic E-state index is 12.6. The molecule has 134 valence electrons. The molecule has 0 fully saturated rings. The third kappa shape index (κ3) is 4.06. The first-order valence-corrected chi connectivity index (χ1v) is 8.31. The molecule has 0 unspecified atom stereocenters. The van der Waals surface area contributed by atoms with Crippen LogP contribution in [0.15, 0.2) is 71.3 Å². The predicted molar refractivity (Wildman–Crippen MR) is 99.8 cm³/mol. The zero-order valence-electron chi connectivity index (χ0n) is 14.8. The van der Waals surface area contributed by atoms with E-state index in [4.69, 9.17) is 13.9 Å². The summed E-state index contributed by atoms with van der Waals surface area (Å²) >= 11 is 0. The Morgan fingerprint density at radius 1 is 1.00 bits per heavy atom. The number of methoxy groups -OCH3 is 2. The first kappa shape index (κ1) is 17.6. The highest BCUT2D eigenvalue weighted by Crippen LogP contribution is 2.34. The van der Waals surface area contributed by atoms with E-state index in [0.29, 0.717) is 5.69 Å². The highest BCUT2D eigenvalue weighted by molar-refractivity contribution is 5.91. The van der Waals surface area contributed by atoms with E-state index in [1.54, 1.807) is 32.6 Å². The minimum absolute atomic E-state index is 0.109. The first-order valence-electron chi connectivity index (χ1n) is 8.31. The average molecular weight is 351 g/mol. The van der Waals surface area contributed by atoms with Crippen LogP contribution in [0.5, 0.6) is 11.5 Å². The van der Waals surface area contributed by atoms with Gasteiger partial charge in [0, 0.05) is 17.7 Å². The topological polar surface area (TPSA) is 60.7 Å². The number of nitrogens with one attached hydrogen (secondary N) is 1. The molecule has 1 N–H and O–H groups in total. The highest BCUT2D eigenvalue weighted by atomic mass is 16.5. The zero-order valence-corrected chi connectivity index (χ0v) is 14.8. The number of carbonyl (C=O) groups is 1. The molecule has 0 aliphatic heterocycles. The lowest BCUT2D eigenvalue weighted by Crippen LogP contribution is -2.16. The van der Waals surface area contributed by atoms with Crippen molar-refractivity contribution in [2.45, 2.75) is 12.3 Å². The molecule has 0 aliphatic carbocycles. The lowest BCUT2D eigenvalue weighted by molar-refractivity contribution is -0.116. The monoisotopic (exact) mass is 351 g/mol. The number of carbonyl (C=O) groups excluding carboxylic acids is 1. The molecule has 1 aromatic heterocycles. The number of hydrogen-bond donors (Lipinski definition) is 1. The number of rotatable bonds is 7. The Morgan fingerprint density at radius 3 is 2.42 bits per heavy atom. The molecule has 1 heterocycles. The van der Waals surface area contributed by atoms with E-state index >= 15 is 0 Å². The van der Waals surface area contributed by atoms with Crippen molar-refractivity contribution in [3.05, 3.63) is 78.3 Å². The average Bonchev–Trinajstić information content (AvgIpc) is 3.21. The zero-order chi connectivity index (χ0) is 18.4. The van der Waals surface area contributed by atoms with Crippen LogP contribution in [0.3, 0.4) is 0 Å². The summed E-state index contributed by atoms with van der Waals surface area (Å²) in [4.78, 5) is 12.6. The Bertz CT molecular complexity index is 841. The summed E-state index contributed by atoms with van der Waals surface area (Å²) in [5.41, 5.74) is 1.63. The van der Waals surface area contributed by atoms with Gasteiger partial charge in [0.15, 0.2) is 0 Å². The summed E-state index contributed by atoms with van der Waals surface area (Å²) in [6, 6.07) is 18.6. The number of amides is 1. The van der Waals surface area contributed by atoms with Crippen LogP contribution in [0.1, 0.15) is 23.7 Å². The van der Waals surface area contributed by atoms with Crippen LogP contribution in [0.4, 0.5) is 5.69 Å². The van der Waals surface area contributed by atoms with Crippen molar-refractivity contribution in [2.75, 3.05) is 19.5 Å². The third-order valence-electron chi connectivity index (χ3n) is 4.16. The van der Waals surface area contributed by atoms with Crippen molar-refractivity contribution in [2.24, 2.45) is 0 Å². The Hall–Kier alpha value is -3.21. The number of hydrogen-bond acceptors (Lipinski definition) is 4. The Morgan fingerprint density at radius 2 is 1.77 bits per heavy atom. The molecular weight excluding hydrogens is 330 g/mol. The Labute approximate surface area is 152 Å². The molecular formula is C21H21NO4. The van der Waals surface area contributed by atoms with E-state index in [9.17, 15) is 4.79 Å². The van der Waals surface area contributed by atoms with Crippen LogP contribution in [0.25, 0.3) is 0 Å². The minimum atomic E-state index is -0.237. The number of ether oxygens (including phenoxy) is 2. The van der Waals surface area contributed by atoms with Crippen LogP contribution in [0, 0.1) is 0 Å². The molecule has 1 atom stereocenters. The molecule has 3 rings (SSSR count). The first-order chi connectivity index (χ1) is 12.7. The Kier molecular flexibility index (Phi) is 5.59. The van der Waals surface area contributed by atoms with Crippen molar-refractivity contribution in [3.8, 4) is 11.5 Å². The second-order valence-corrected chi connectivity index (χ2v) is 5.79. The standard InChI is InChI=1S/C21H21NO4/c1-24-16-11-9-15(10-12-16)22-21(23)14-18(20-8-5-13-26-20)17-6-3-4-7-19(17)25-2/h3-13,18H,14H2,1-2H3,(H,22,23)/t18-/m1/s1. The van der Waals surface area contributed by atoms with Gasteiger partial charge in [-0.05, 0) is 42.5 Å². The van der Waals surface area contributed by atoms with Gasteiger partial charge in [0.2, 0.25) is 5.91 Å². The Balaban J connectivity index is 1.80. The highest BCUT2D eigenvalue weighted by Gasteiger charge is 2.23. The molecule has 3 aromatic rings. The van der Waals surface area contributed by atoms with Gasteiger partial charge < -0.3 is 19.2 Å². The number of benzene rings is 2. The lowest BCUT2D eigenvalue weighted by atomic mass is 9.92. The molecule has 2 aromatic carbocycles. The SMILES string of the molecule is COc1ccc(NC(=O)C[C@@H](c2ccco2)c2ccccc2OC)cc1. The molecule has 0 radical (unpaired) electrons. The van der Waals surface area contributed by atoms with Crippen LogP contribution >= 0.6 is 0 Å². The van der Waals surface area contributed by atoms with Crippen LogP contribution < -0.4 is 14.8 Å². The van der Waals surface area contributed by atoms with Crippen LogP contribution in [0.2, 0.25) is 0 Å². The van der Waals surface area contributed by atoms with Gasteiger partial charge in [-0.15, -0.1) is 0 Å². The van der Waals surface area contributed by atoms with E-state index in [2.05, 4.69) is 5.32 Å². The van der Waals surface area contributed by atoms with Gasteiger partial charge in [-0.2, -0.15) is 0 Å². The molecule has 0 bridgehead atoms. The normalized spacial score (nSPS) is 11.6. The van der Waals surface area contributed by atoms with Crippen LogP contribution in [-0.2, 0) is 4.79 Å². The lowest BCUT2D eigenvalue weighted by Gasteiger charge is -2.18. The van der Waals surface area contributed by atoms with Crippen molar-refractivity contribution < 1.29 is 18.7 Å². The van der Waals surface area contributed by atoms with Gasteiger partial charge in [0.05, 0.1) is 26.4 Å². The second-order valence-electron chi connectivity index (χ2n) is 5.79. The molecule has 5 heteroatoms. The number of para-hydroxylation sites is 1. The number of anilines is 1. The van der Waals surface area contributed by atoms with Crippen molar-refractivity contribution in [1.82, 2.24) is 0 Å². The molecule has 0 spiro atoms. The molecule has 5 nitrogen and oxygen atoms in total. The summed E-state index contributed by atoms with van der Waals surface area (Å²) in [5.74, 6) is 1.85. The summed E-state index contributed by atoms with van der Waals surface area (Å²) in [7, 11) is 3.23. The molecule has 1 amide bonds. The van der Waals surface area contributed by atoms with Crippen molar-refractivity contribution in [1.29, 1.82) is 0 Å². The fourth-order valence-electron chi connectivity index (χ4n) is 2.88. The van der Waals surface area contributed by atoms with E-state index < -0.39 is 0 Å². The van der Waals surface area contributed by atoms with E-state index in [1.165, 1.54) is 0 Å². The van der Waals surface area contributed by atoms with Crippen LogP contribution in [-0.4, -0.2) is 20.1 Å². The molecule has 0 saturated heterocycles. The van der Waals surface area contributed by atoms with Gasteiger partial charge in [-0.3, -0.25) is 4.79 Å². The fourth-order valence-corrected chi connectivity index (χ4v) is 2.88. The third-order valence-corrected chi connectivity index (χ3v) is 4.16. The number of furan rings is 1. The van der Waals surface area contributed by atoms with E-state index in [0.717, 1.165) is 22.8 Å². The molecule has 0 saturated carbocycles. The summed E-state index contributed by atoms with van der Waals surface area (Å²) < 4.78 is 16.2. The second kappa shape index (κ2) is 8.25. The van der Waals surface area contributed by atoms with Crippen molar-refractivity contribution >= 4 is 11.6 Å². The predicted octanol–water partition coefficient (Wildman–Crippen LogP) is 4.46. The summed E-state index contributed by atoms with van der Waals surface area (Å²) in [6.07, 6.45) is 1.85. The summed E-state index contributed by atoms with van der Waals surface area (Å²) in [6.45, 7) is 0. The maximum atomic E-state index is 12.6. The quantitative estimate of drug-likeness (QED) is 0.683. The van der Waals surface area contributed by atoms with Gasteiger partial charge in [-0.1, -0.05) is 18.2 Å². The van der Waals surface area contributed by atoms with Gasteiger partial charge in [0.25, 0.3) is 0 Å². The van der Waals surface area contributed by atoms with E-state index in [1.807, 2.05) is 48.5 Å². The summed E-state index contributed by atoms with van der Waals surface area (Å²) in [5, 5.41) is 2.92. The van der Waals surface area contributed by atoms with Gasteiger partial charge in [-0.25, -0.2) is 0 Å². The smallest absolute Gasteiger partial charge is 0.225 e. The fraction of sp³-hybridized carbons (Fsp3) is 0.190. The molecule has 0 aliphatic rings. The minimum Gasteiger partial charge on any atom is -0.497 e. The van der Waals surface area contributed by atoms with E-state index in [-0.39, 0.29) is 18.2 Å². The maximum Gasteiger partial charge on any atom is 0.225 e.